The van der Waals surface area contributed by atoms with Gasteiger partial charge in [0.25, 0.3) is 8.32 Å². The van der Waals surface area contributed by atoms with E-state index >= 15 is 0 Å². The molecular weight excluding hydrogens is 352 g/mol. The maximum absolute atomic E-state index is 11.8. The zero-order chi connectivity index (χ0) is 19.9. The Morgan fingerprint density at radius 2 is 1.56 bits per heavy atom. The summed E-state index contributed by atoms with van der Waals surface area (Å²) in [5.41, 5.74) is 0. The number of Topliss-reactive ketones (excluding diaryl/α,β-unsaturated/α-hetero) is 1. The van der Waals surface area contributed by atoms with Crippen LogP contribution < -0.4 is 10.4 Å². The molecule has 0 saturated heterocycles. The number of carbonyl (C=O) groups is 1. The van der Waals surface area contributed by atoms with Crippen LogP contribution in [0.25, 0.3) is 0 Å². The van der Waals surface area contributed by atoms with E-state index in [-0.39, 0.29) is 30.3 Å². The van der Waals surface area contributed by atoms with E-state index in [0.717, 1.165) is 10.4 Å². The molecule has 144 valence electrons. The highest BCUT2D eigenvalue weighted by Gasteiger charge is 2.50. The van der Waals surface area contributed by atoms with Gasteiger partial charge in [-0.1, -0.05) is 87.5 Å². The molecule has 1 N–H and O–H groups in total. The summed E-state index contributed by atoms with van der Waals surface area (Å²) in [5, 5.41) is 12.6. The lowest BCUT2D eigenvalue weighted by Crippen LogP contribution is -2.67. The first-order chi connectivity index (χ1) is 12.8. The van der Waals surface area contributed by atoms with Crippen LogP contribution in [0.2, 0.25) is 5.04 Å². The fourth-order valence-electron chi connectivity index (χ4n) is 3.55. The Balaban J connectivity index is 2.41. The van der Waals surface area contributed by atoms with Crippen LogP contribution in [0.1, 0.15) is 33.6 Å². The first kappa shape index (κ1) is 21.3. The molecule has 1 atom stereocenters. The summed E-state index contributed by atoms with van der Waals surface area (Å²) in [6.07, 6.45) is 1.11. The summed E-state index contributed by atoms with van der Waals surface area (Å²) >= 11 is 0. The van der Waals surface area contributed by atoms with Crippen molar-refractivity contribution in [2.24, 2.45) is 0 Å². The smallest absolute Gasteiger partial charge is 0.261 e. The van der Waals surface area contributed by atoms with Gasteiger partial charge >= 0.3 is 0 Å². The summed E-state index contributed by atoms with van der Waals surface area (Å²) in [6.45, 7) is 10.3. The first-order valence-electron chi connectivity index (χ1n) is 9.37. The summed E-state index contributed by atoms with van der Waals surface area (Å²) in [4.78, 5) is 11.8. The molecule has 0 spiro atoms. The average molecular weight is 383 g/mol. The molecule has 0 aliphatic heterocycles. The highest BCUT2D eigenvalue weighted by molar-refractivity contribution is 6.99. The number of benzene rings is 2. The van der Waals surface area contributed by atoms with Crippen LogP contribution in [0.15, 0.2) is 73.3 Å². The zero-order valence-electron chi connectivity index (χ0n) is 16.5. The van der Waals surface area contributed by atoms with E-state index in [4.69, 9.17) is 4.43 Å². The number of hydrogen-bond donors (Lipinski definition) is 1. The van der Waals surface area contributed by atoms with Gasteiger partial charge in [-0.05, 0) is 15.4 Å². The van der Waals surface area contributed by atoms with Crippen LogP contribution in [-0.2, 0) is 9.22 Å². The number of carbonyl (C=O) groups excluding carboxylic acids is 1. The summed E-state index contributed by atoms with van der Waals surface area (Å²) in [5.74, 6) is -0.0245. The first-order valence-corrected chi connectivity index (χ1v) is 11.3. The van der Waals surface area contributed by atoms with E-state index in [1.165, 1.54) is 0 Å². The maximum atomic E-state index is 11.8. The molecule has 2 rings (SSSR count). The van der Waals surface area contributed by atoms with Crippen molar-refractivity contribution < 1.29 is 14.3 Å². The highest BCUT2D eigenvalue weighted by atomic mass is 28.4. The average Bonchev–Trinajstić information content (AvgIpc) is 2.63. The molecule has 0 aliphatic rings. The molecule has 0 aromatic heterocycles. The van der Waals surface area contributed by atoms with Crippen LogP contribution in [0, 0.1) is 0 Å². The second-order valence-corrected chi connectivity index (χ2v) is 12.2. The quantitative estimate of drug-likeness (QED) is 0.534. The van der Waals surface area contributed by atoms with Crippen LogP contribution >= 0.6 is 0 Å². The third-order valence-electron chi connectivity index (χ3n) is 4.74. The van der Waals surface area contributed by atoms with E-state index in [1.54, 1.807) is 6.08 Å². The van der Waals surface area contributed by atoms with E-state index < -0.39 is 14.4 Å². The molecule has 3 nitrogen and oxygen atoms in total. The Morgan fingerprint density at radius 3 is 1.96 bits per heavy atom. The second-order valence-electron chi connectivity index (χ2n) is 7.86. The monoisotopic (exact) mass is 382 g/mol. The minimum Gasteiger partial charge on any atom is -0.405 e. The molecule has 0 fully saturated rings. The Bertz CT molecular complexity index is 696. The molecule has 0 bridgehead atoms. The Hall–Kier alpha value is -2.01. The van der Waals surface area contributed by atoms with E-state index in [9.17, 15) is 9.90 Å². The van der Waals surface area contributed by atoms with Crippen LogP contribution in [0.5, 0.6) is 0 Å². The van der Waals surface area contributed by atoms with Crippen molar-refractivity contribution in [3.8, 4) is 0 Å². The van der Waals surface area contributed by atoms with Crippen molar-refractivity contribution in [1.29, 1.82) is 0 Å². The number of aliphatic hydroxyl groups is 1. The van der Waals surface area contributed by atoms with Crippen molar-refractivity contribution in [2.45, 2.75) is 44.8 Å². The minimum absolute atomic E-state index is 0.0245. The van der Waals surface area contributed by atoms with Gasteiger partial charge < -0.3 is 9.53 Å². The van der Waals surface area contributed by atoms with Gasteiger partial charge in [0.1, 0.15) is 5.78 Å². The van der Waals surface area contributed by atoms with Gasteiger partial charge in [0, 0.05) is 12.8 Å². The van der Waals surface area contributed by atoms with Gasteiger partial charge in [-0.15, -0.1) is 6.58 Å². The molecule has 0 amide bonds. The van der Waals surface area contributed by atoms with Crippen molar-refractivity contribution in [2.75, 3.05) is 6.61 Å². The third-order valence-corrected chi connectivity index (χ3v) is 9.75. The predicted octanol–water partition coefficient (Wildman–Crippen LogP) is 3.46. The Morgan fingerprint density at radius 1 is 1.07 bits per heavy atom. The van der Waals surface area contributed by atoms with Crippen LogP contribution in [-0.4, -0.2) is 31.9 Å². The molecule has 0 unspecified atom stereocenters. The summed E-state index contributed by atoms with van der Waals surface area (Å²) in [7, 11) is -2.67. The van der Waals surface area contributed by atoms with Crippen molar-refractivity contribution in [3.63, 3.8) is 0 Å². The third kappa shape index (κ3) is 5.04. The lowest BCUT2D eigenvalue weighted by atomic mass is 10.1. The molecule has 0 heterocycles. The highest BCUT2D eigenvalue weighted by Crippen LogP contribution is 2.36. The Kier molecular flexibility index (Phi) is 7.31. The fraction of sp³-hybridized carbons (Fsp3) is 0.348. The normalized spacial score (nSPS) is 13.2. The minimum atomic E-state index is -2.67. The maximum Gasteiger partial charge on any atom is 0.261 e. The van der Waals surface area contributed by atoms with Crippen LogP contribution in [0.3, 0.4) is 0 Å². The van der Waals surface area contributed by atoms with Gasteiger partial charge in [-0.2, -0.15) is 0 Å². The number of hydrogen-bond acceptors (Lipinski definition) is 3. The fourth-order valence-corrected chi connectivity index (χ4v) is 8.15. The number of rotatable bonds is 9. The van der Waals surface area contributed by atoms with Gasteiger partial charge in [0.05, 0.1) is 12.7 Å². The lowest BCUT2D eigenvalue weighted by Gasteiger charge is -2.43. The topological polar surface area (TPSA) is 46.5 Å². The SMILES string of the molecule is C=CCC(=O)C[C@H](O)CO[Si](c1ccccc1)(c1ccccc1)C(C)(C)C. The second kappa shape index (κ2) is 9.26. The molecule has 0 aliphatic carbocycles. The summed E-state index contributed by atoms with van der Waals surface area (Å²) < 4.78 is 6.62. The van der Waals surface area contributed by atoms with Crippen LogP contribution in [0.4, 0.5) is 0 Å². The van der Waals surface area contributed by atoms with Crippen molar-refractivity contribution >= 4 is 24.5 Å². The van der Waals surface area contributed by atoms with E-state index in [2.05, 4.69) is 51.6 Å². The zero-order valence-corrected chi connectivity index (χ0v) is 17.5. The molecule has 4 heteroatoms. The predicted molar refractivity (Wildman–Crippen MR) is 114 cm³/mol. The van der Waals surface area contributed by atoms with Crippen molar-refractivity contribution in [3.05, 3.63) is 73.3 Å². The largest absolute Gasteiger partial charge is 0.405 e. The van der Waals surface area contributed by atoms with Crippen molar-refractivity contribution in [1.82, 2.24) is 0 Å². The molecule has 2 aromatic carbocycles. The van der Waals surface area contributed by atoms with E-state index in [0.29, 0.717) is 0 Å². The van der Waals surface area contributed by atoms with Gasteiger partial charge in [-0.25, -0.2) is 0 Å². The lowest BCUT2D eigenvalue weighted by molar-refractivity contribution is -0.120. The van der Waals surface area contributed by atoms with Gasteiger partial charge in [0.2, 0.25) is 0 Å². The summed E-state index contributed by atoms with van der Waals surface area (Å²) in [6, 6.07) is 20.5. The number of ketones is 1. The standard InChI is InChI=1S/C23H30O3Si/c1-5-12-19(24)17-20(25)18-26-27(23(2,3)4,21-13-8-6-9-14-21)22-15-10-7-11-16-22/h5-11,13-16,20,25H,1,12,17-18H2,2-4H3/t20-/m0/s1. The molecule has 0 saturated carbocycles. The van der Waals surface area contributed by atoms with Gasteiger partial charge in [0.15, 0.2) is 0 Å². The molecule has 0 radical (unpaired) electrons. The number of aliphatic hydroxyl groups excluding tert-OH is 1. The van der Waals surface area contributed by atoms with E-state index in [1.807, 2.05) is 36.4 Å². The Labute approximate surface area is 163 Å². The molecular formula is C23H30O3Si. The number of allylic oxidation sites excluding steroid dienone is 1. The van der Waals surface area contributed by atoms with Gasteiger partial charge in [-0.3, -0.25) is 4.79 Å². The molecule has 27 heavy (non-hydrogen) atoms. The molecule has 2 aromatic rings.